The number of hydrogen-bond acceptors (Lipinski definition) is 7. The summed E-state index contributed by atoms with van der Waals surface area (Å²) in [6.07, 6.45) is 1.70. The Hall–Kier alpha value is -4.07. The molecule has 0 amide bonds. The van der Waals surface area contributed by atoms with E-state index in [1.54, 1.807) is 12.1 Å². The number of rotatable bonds is 13. The number of carbonyl (C=O) groups excluding carboxylic acids is 1. The molecule has 0 aromatic heterocycles. The highest BCUT2D eigenvalue weighted by Gasteiger charge is 2.32. The van der Waals surface area contributed by atoms with Crippen molar-refractivity contribution in [1.29, 1.82) is 0 Å². The van der Waals surface area contributed by atoms with Crippen molar-refractivity contribution in [2.75, 3.05) is 24.6 Å². The van der Waals surface area contributed by atoms with Gasteiger partial charge in [0.2, 0.25) is 0 Å². The van der Waals surface area contributed by atoms with E-state index in [1.165, 1.54) is 17.7 Å². The van der Waals surface area contributed by atoms with Crippen LogP contribution >= 0.6 is 0 Å². The molecule has 0 heterocycles. The second-order valence-corrected chi connectivity index (χ2v) is 9.81. The molecule has 1 unspecified atom stereocenters. The van der Waals surface area contributed by atoms with Crippen molar-refractivity contribution in [3.8, 4) is 0 Å². The van der Waals surface area contributed by atoms with Gasteiger partial charge in [-0.2, -0.15) is 10.2 Å². The molecule has 0 aliphatic carbocycles. The molecule has 8 heteroatoms. The van der Waals surface area contributed by atoms with Crippen molar-refractivity contribution in [2.24, 2.45) is 15.6 Å². The molecule has 0 aliphatic rings. The van der Waals surface area contributed by atoms with Crippen LogP contribution in [0.2, 0.25) is 0 Å². The minimum absolute atomic E-state index is 0.0135. The van der Waals surface area contributed by atoms with Crippen molar-refractivity contribution < 1.29 is 14.5 Å². The van der Waals surface area contributed by atoms with Gasteiger partial charge in [-0.1, -0.05) is 37.3 Å². The monoisotopic (exact) mass is 516 g/mol. The number of anilines is 1. The van der Waals surface area contributed by atoms with Crippen LogP contribution in [0.5, 0.6) is 0 Å². The van der Waals surface area contributed by atoms with E-state index in [2.05, 4.69) is 41.1 Å². The molecule has 0 spiro atoms. The number of likely N-dealkylation sites (N-methyl/N-ethyl adjacent to an activating group) is 1. The molecule has 0 N–H and O–H groups in total. The Bertz CT molecular complexity index is 1210. The van der Waals surface area contributed by atoms with Crippen LogP contribution in [0.15, 0.2) is 89.1 Å². The maximum atomic E-state index is 12.9. The van der Waals surface area contributed by atoms with E-state index in [4.69, 9.17) is 4.74 Å². The largest absolute Gasteiger partial charge is 0.463 e. The molecule has 3 aromatic rings. The summed E-state index contributed by atoms with van der Waals surface area (Å²) in [5.41, 5.74) is 2.88. The average Bonchev–Trinajstić information content (AvgIpc) is 2.94. The number of nitrogens with zero attached hydrogens (tertiary/aromatic N) is 4. The van der Waals surface area contributed by atoms with Gasteiger partial charge in [-0.15, -0.1) is 0 Å². The van der Waals surface area contributed by atoms with E-state index in [0.717, 1.165) is 25.1 Å². The van der Waals surface area contributed by atoms with Gasteiger partial charge in [-0.05, 0) is 81.5 Å². The predicted octanol–water partition coefficient (Wildman–Crippen LogP) is 7.99. The van der Waals surface area contributed by atoms with Gasteiger partial charge in [0.25, 0.3) is 5.69 Å². The molecule has 0 radical (unpaired) electrons. The summed E-state index contributed by atoms with van der Waals surface area (Å²) in [7, 11) is 0. The molecule has 0 aliphatic heterocycles. The normalized spacial score (nSPS) is 12.3. The van der Waals surface area contributed by atoms with Crippen molar-refractivity contribution in [3.63, 3.8) is 0 Å². The fraction of sp³-hybridized carbons (Fsp3) is 0.367. The number of carbonyl (C=O) groups is 1. The highest BCUT2D eigenvalue weighted by molar-refractivity contribution is 5.76. The third-order valence-electron chi connectivity index (χ3n) is 6.61. The Kier molecular flexibility index (Phi) is 10.1. The van der Waals surface area contributed by atoms with Crippen molar-refractivity contribution in [3.05, 3.63) is 94.5 Å². The number of ether oxygens (including phenoxy) is 1. The fourth-order valence-electron chi connectivity index (χ4n) is 4.32. The average molecular weight is 517 g/mol. The molecule has 8 nitrogen and oxygen atoms in total. The number of benzene rings is 3. The first-order chi connectivity index (χ1) is 18.2. The lowest BCUT2D eigenvalue weighted by atomic mass is 9.79. The second-order valence-electron chi connectivity index (χ2n) is 9.81. The third kappa shape index (κ3) is 7.96. The van der Waals surface area contributed by atoms with Gasteiger partial charge in [-0.25, -0.2) is 0 Å². The van der Waals surface area contributed by atoms with Crippen molar-refractivity contribution >= 4 is 28.7 Å². The minimum atomic E-state index is -0.579. The standard InChI is InChI=1S/C30H36N4O4/c1-5-23(24-10-8-7-9-11-24)22-30(3,4)29(35)38-21-20-33(6-2)27-16-12-25(13-17-27)31-32-26-14-18-28(19-15-26)34(36)37/h7-19,23H,5-6,20-22H2,1-4H3. The molecule has 38 heavy (non-hydrogen) atoms. The van der Waals surface area contributed by atoms with E-state index in [-0.39, 0.29) is 11.7 Å². The topological polar surface area (TPSA) is 97.4 Å². The fourth-order valence-corrected chi connectivity index (χ4v) is 4.32. The molecule has 200 valence electrons. The van der Waals surface area contributed by atoms with E-state index < -0.39 is 10.3 Å². The molecule has 1 atom stereocenters. The summed E-state index contributed by atoms with van der Waals surface area (Å²) in [5.74, 6) is 0.131. The predicted molar refractivity (Wildman–Crippen MR) is 150 cm³/mol. The lowest BCUT2D eigenvalue weighted by molar-refractivity contribution is -0.384. The maximum absolute atomic E-state index is 12.9. The van der Waals surface area contributed by atoms with Crippen LogP contribution in [0.3, 0.4) is 0 Å². The van der Waals surface area contributed by atoms with Crippen molar-refractivity contribution in [1.82, 2.24) is 0 Å². The molecular formula is C30H36N4O4. The van der Waals surface area contributed by atoms with Crippen LogP contribution in [0.1, 0.15) is 52.0 Å². The molecule has 0 bridgehead atoms. The molecule has 0 fully saturated rings. The van der Waals surface area contributed by atoms with Crippen LogP contribution in [0.4, 0.5) is 22.7 Å². The van der Waals surface area contributed by atoms with Crippen LogP contribution in [-0.2, 0) is 9.53 Å². The first-order valence-electron chi connectivity index (χ1n) is 13.0. The van der Waals surface area contributed by atoms with Crippen LogP contribution in [0, 0.1) is 15.5 Å². The summed E-state index contributed by atoms with van der Waals surface area (Å²) >= 11 is 0. The summed E-state index contributed by atoms with van der Waals surface area (Å²) in [5, 5.41) is 19.1. The maximum Gasteiger partial charge on any atom is 0.311 e. The molecular weight excluding hydrogens is 480 g/mol. The molecule has 0 saturated heterocycles. The Balaban J connectivity index is 1.52. The minimum Gasteiger partial charge on any atom is -0.463 e. The van der Waals surface area contributed by atoms with E-state index in [9.17, 15) is 14.9 Å². The van der Waals surface area contributed by atoms with Crippen molar-refractivity contribution in [2.45, 2.75) is 46.5 Å². The zero-order valence-corrected chi connectivity index (χ0v) is 22.5. The van der Waals surface area contributed by atoms with Gasteiger partial charge >= 0.3 is 5.97 Å². The number of non-ortho nitro benzene ring substituents is 1. The number of nitro groups is 1. The first kappa shape index (κ1) is 28.5. The first-order valence-corrected chi connectivity index (χ1v) is 13.0. The number of hydrogen-bond donors (Lipinski definition) is 0. The highest BCUT2D eigenvalue weighted by Crippen LogP contribution is 2.35. The van der Waals surface area contributed by atoms with Gasteiger partial charge in [0.15, 0.2) is 0 Å². The zero-order chi connectivity index (χ0) is 27.5. The Labute approximate surface area is 224 Å². The number of esters is 1. The van der Waals surface area contributed by atoms with Gasteiger partial charge < -0.3 is 9.64 Å². The molecule has 3 rings (SSSR count). The van der Waals surface area contributed by atoms with E-state index in [0.29, 0.717) is 30.4 Å². The Morgan fingerprint density at radius 3 is 2.05 bits per heavy atom. The van der Waals surface area contributed by atoms with Gasteiger partial charge in [0, 0.05) is 24.4 Å². The Morgan fingerprint density at radius 1 is 0.947 bits per heavy atom. The van der Waals surface area contributed by atoms with Gasteiger partial charge in [0.1, 0.15) is 6.61 Å². The summed E-state index contributed by atoms with van der Waals surface area (Å²) in [6, 6.07) is 23.9. The van der Waals surface area contributed by atoms with E-state index >= 15 is 0 Å². The SMILES string of the molecule is CCC(CC(C)(C)C(=O)OCCN(CC)c1ccc(N=Nc2ccc([N+](=O)[O-])cc2)cc1)c1ccccc1. The van der Waals surface area contributed by atoms with Crippen LogP contribution < -0.4 is 4.90 Å². The summed E-state index contributed by atoms with van der Waals surface area (Å²) < 4.78 is 5.72. The number of azo groups is 1. The van der Waals surface area contributed by atoms with Crippen LogP contribution in [-0.4, -0.2) is 30.6 Å². The van der Waals surface area contributed by atoms with Crippen LogP contribution in [0.25, 0.3) is 0 Å². The highest BCUT2D eigenvalue weighted by atomic mass is 16.6. The quantitative estimate of drug-likeness (QED) is 0.0992. The van der Waals surface area contributed by atoms with Gasteiger partial charge in [-0.3, -0.25) is 14.9 Å². The second kappa shape index (κ2) is 13.5. The third-order valence-corrected chi connectivity index (χ3v) is 6.61. The summed E-state index contributed by atoms with van der Waals surface area (Å²) in [6.45, 7) is 9.78. The smallest absolute Gasteiger partial charge is 0.311 e. The number of nitro benzene ring substituents is 1. The Morgan fingerprint density at radius 2 is 1.53 bits per heavy atom. The summed E-state index contributed by atoms with van der Waals surface area (Å²) in [4.78, 5) is 25.4. The zero-order valence-electron chi connectivity index (χ0n) is 22.5. The molecule has 3 aromatic carbocycles. The van der Waals surface area contributed by atoms with E-state index in [1.807, 2.05) is 56.3 Å². The lowest BCUT2D eigenvalue weighted by Crippen LogP contribution is -2.33. The van der Waals surface area contributed by atoms with Gasteiger partial charge in [0.05, 0.1) is 28.3 Å². The lowest BCUT2D eigenvalue weighted by Gasteiger charge is -2.29. The molecule has 0 saturated carbocycles.